The van der Waals surface area contributed by atoms with Crippen molar-refractivity contribution in [1.82, 2.24) is 10.3 Å². The standard InChI is InChI=1S/C12H14N2O3/c15-10(7-9-3-1-2-6-13-9)14-11(12(16)17)8-4-5-8/h1-3,6,8,11H,4-5,7H2,(H,14,15)(H,16,17). The number of rotatable bonds is 5. The lowest BCUT2D eigenvalue weighted by molar-refractivity contribution is -0.142. The van der Waals surface area contributed by atoms with Crippen molar-refractivity contribution < 1.29 is 14.7 Å². The maximum absolute atomic E-state index is 11.6. The van der Waals surface area contributed by atoms with Crippen LogP contribution >= 0.6 is 0 Å². The van der Waals surface area contributed by atoms with Crippen LogP contribution in [0.1, 0.15) is 18.5 Å². The van der Waals surface area contributed by atoms with Crippen molar-refractivity contribution in [2.24, 2.45) is 5.92 Å². The Balaban J connectivity index is 1.90. The number of nitrogens with zero attached hydrogens (tertiary/aromatic N) is 1. The molecule has 17 heavy (non-hydrogen) atoms. The quantitative estimate of drug-likeness (QED) is 0.782. The van der Waals surface area contributed by atoms with E-state index >= 15 is 0 Å². The van der Waals surface area contributed by atoms with E-state index in [1.165, 1.54) is 0 Å². The van der Waals surface area contributed by atoms with Crippen LogP contribution in [0.15, 0.2) is 24.4 Å². The summed E-state index contributed by atoms with van der Waals surface area (Å²) in [5.41, 5.74) is 0.643. The summed E-state index contributed by atoms with van der Waals surface area (Å²) in [7, 11) is 0. The third-order valence-electron chi connectivity index (χ3n) is 2.74. The number of pyridine rings is 1. The van der Waals surface area contributed by atoms with Crippen molar-refractivity contribution in [2.45, 2.75) is 25.3 Å². The van der Waals surface area contributed by atoms with Crippen molar-refractivity contribution in [3.05, 3.63) is 30.1 Å². The molecule has 90 valence electrons. The molecule has 1 unspecified atom stereocenters. The van der Waals surface area contributed by atoms with Crippen LogP contribution in [0.3, 0.4) is 0 Å². The molecule has 1 aromatic rings. The Morgan fingerprint density at radius 2 is 2.24 bits per heavy atom. The van der Waals surface area contributed by atoms with Gasteiger partial charge in [0.15, 0.2) is 0 Å². The number of carbonyl (C=O) groups is 2. The molecule has 1 saturated carbocycles. The third-order valence-corrected chi connectivity index (χ3v) is 2.74. The highest BCUT2D eigenvalue weighted by Gasteiger charge is 2.37. The van der Waals surface area contributed by atoms with E-state index in [0.29, 0.717) is 5.69 Å². The van der Waals surface area contributed by atoms with Gasteiger partial charge in [-0.2, -0.15) is 0 Å². The van der Waals surface area contributed by atoms with Crippen LogP contribution in [-0.2, 0) is 16.0 Å². The molecule has 1 amide bonds. The molecule has 2 N–H and O–H groups in total. The average Bonchev–Trinajstić information content (AvgIpc) is 3.11. The maximum Gasteiger partial charge on any atom is 0.326 e. The fourth-order valence-electron chi connectivity index (χ4n) is 1.70. The van der Waals surface area contributed by atoms with E-state index in [9.17, 15) is 9.59 Å². The Labute approximate surface area is 98.9 Å². The first-order valence-electron chi connectivity index (χ1n) is 5.59. The zero-order valence-corrected chi connectivity index (χ0v) is 9.30. The molecule has 1 fully saturated rings. The zero-order valence-electron chi connectivity index (χ0n) is 9.30. The molecule has 2 rings (SSSR count). The number of hydrogen-bond acceptors (Lipinski definition) is 3. The van der Waals surface area contributed by atoms with Gasteiger partial charge in [-0.05, 0) is 30.9 Å². The first-order chi connectivity index (χ1) is 8.16. The molecule has 0 saturated heterocycles. The van der Waals surface area contributed by atoms with Crippen LogP contribution in [0.4, 0.5) is 0 Å². The van der Waals surface area contributed by atoms with Crippen molar-refractivity contribution in [2.75, 3.05) is 0 Å². The van der Waals surface area contributed by atoms with Gasteiger partial charge >= 0.3 is 5.97 Å². The van der Waals surface area contributed by atoms with Crippen LogP contribution in [0.25, 0.3) is 0 Å². The highest BCUT2D eigenvalue weighted by Crippen LogP contribution is 2.32. The minimum atomic E-state index is -0.957. The predicted molar refractivity (Wildman–Crippen MR) is 60.2 cm³/mol. The van der Waals surface area contributed by atoms with Crippen LogP contribution < -0.4 is 5.32 Å². The number of carboxylic acid groups (broad SMARTS) is 1. The molecule has 1 heterocycles. The Morgan fingerprint density at radius 1 is 1.47 bits per heavy atom. The number of nitrogens with one attached hydrogen (secondary N) is 1. The monoisotopic (exact) mass is 234 g/mol. The van der Waals surface area contributed by atoms with Crippen molar-refractivity contribution in [1.29, 1.82) is 0 Å². The van der Waals surface area contributed by atoms with Gasteiger partial charge in [0.05, 0.1) is 6.42 Å². The van der Waals surface area contributed by atoms with Gasteiger partial charge in [0.1, 0.15) is 6.04 Å². The van der Waals surface area contributed by atoms with Gasteiger partial charge in [-0.15, -0.1) is 0 Å². The largest absolute Gasteiger partial charge is 0.480 e. The SMILES string of the molecule is O=C(Cc1ccccn1)NC(C(=O)O)C1CC1. The summed E-state index contributed by atoms with van der Waals surface area (Å²) in [4.78, 5) is 26.6. The molecule has 1 aromatic heterocycles. The lowest BCUT2D eigenvalue weighted by atomic mass is 10.1. The molecule has 1 aliphatic rings. The van der Waals surface area contributed by atoms with Crippen molar-refractivity contribution in [3.63, 3.8) is 0 Å². The van der Waals surface area contributed by atoms with Crippen LogP contribution in [0.2, 0.25) is 0 Å². The molecule has 0 radical (unpaired) electrons. The van der Waals surface area contributed by atoms with Gasteiger partial charge in [-0.25, -0.2) is 4.79 Å². The molecule has 0 aromatic carbocycles. The molecule has 1 aliphatic carbocycles. The molecule has 0 spiro atoms. The van der Waals surface area contributed by atoms with Gasteiger partial charge in [0.25, 0.3) is 0 Å². The highest BCUT2D eigenvalue weighted by atomic mass is 16.4. The van der Waals surface area contributed by atoms with E-state index in [2.05, 4.69) is 10.3 Å². The minimum Gasteiger partial charge on any atom is -0.480 e. The first kappa shape index (κ1) is 11.6. The number of amides is 1. The van der Waals surface area contributed by atoms with Crippen molar-refractivity contribution >= 4 is 11.9 Å². The summed E-state index contributed by atoms with van der Waals surface area (Å²) in [6.45, 7) is 0. The number of carboxylic acids is 1. The summed E-state index contributed by atoms with van der Waals surface area (Å²) in [6, 6.07) is 4.56. The molecule has 5 heteroatoms. The van der Waals surface area contributed by atoms with E-state index in [-0.39, 0.29) is 18.2 Å². The summed E-state index contributed by atoms with van der Waals surface area (Å²) in [5, 5.41) is 11.5. The zero-order chi connectivity index (χ0) is 12.3. The summed E-state index contributed by atoms with van der Waals surface area (Å²) in [6.07, 6.45) is 3.48. The number of carbonyl (C=O) groups excluding carboxylic acids is 1. The maximum atomic E-state index is 11.6. The number of hydrogen-bond donors (Lipinski definition) is 2. The molecule has 0 bridgehead atoms. The van der Waals surface area contributed by atoms with E-state index in [1.54, 1.807) is 24.4 Å². The normalized spacial score (nSPS) is 16.2. The summed E-state index contributed by atoms with van der Waals surface area (Å²) < 4.78 is 0. The van der Waals surface area contributed by atoms with Gasteiger partial charge in [-0.3, -0.25) is 9.78 Å². The van der Waals surface area contributed by atoms with Gasteiger partial charge < -0.3 is 10.4 Å². The number of aliphatic carboxylic acids is 1. The Morgan fingerprint density at radius 3 is 2.76 bits per heavy atom. The van der Waals surface area contributed by atoms with E-state index < -0.39 is 12.0 Å². The minimum absolute atomic E-state index is 0.0974. The van der Waals surface area contributed by atoms with Gasteiger partial charge in [0.2, 0.25) is 5.91 Å². The Kier molecular flexibility index (Phi) is 3.37. The van der Waals surface area contributed by atoms with Crippen LogP contribution in [0, 0.1) is 5.92 Å². The van der Waals surface area contributed by atoms with Gasteiger partial charge in [0, 0.05) is 11.9 Å². The molecule has 5 nitrogen and oxygen atoms in total. The van der Waals surface area contributed by atoms with Crippen LogP contribution in [-0.4, -0.2) is 28.0 Å². The second kappa shape index (κ2) is 4.95. The second-order valence-electron chi connectivity index (χ2n) is 4.22. The fourth-order valence-corrected chi connectivity index (χ4v) is 1.70. The highest BCUT2D eigenvalue weighted by molar-refractivity contribution is 5.85. The molecular formula is C12H14N2O3. The lowest BCUT2D eigenvalue weighted by Crippen LogP contribution is -2.43. The topological polar surface area (TPSA) is 79.3 Å². The lowest BCUT2D eigenvalue weighted by Gasteiger charge is -2.13. The summed E-state index contributed by atoms with van der Waals surface area (Å²) in [5.74, 6) is -1.15. The molecule has 0 aliphatic heterocycles. The van der Waals surface area contributed by atoms with E-state index in [1.807, 2.05) is 0 Å². The molecule has 1 atom stereocenters. The van der Waals surface area contributed by atoms with Gasteiger partial charge in [-0.1, -0.05) is 6.07 Å². The third kappa shape index (κ3) is 3.27. The average molecular weight is 234 g/mol. The van der Waals surface area contributed by atoms with Crippen molar-refractivity contribution in [3.8, 4) is 0 Å². The Bertz CT molecular complexity index is 415. The molecular weight excluding hydrogens is 220 g/mol. The van der Waals surface area contributed by atoms with Crippen LogP contribution in [0.5, 0.6) is 0 Å². The van der Waals surface area contributed by atoms with E-state index in [4.69, 9.17) is 5.11 Å². The summed E-state index contributed by atoms with van der Waals surface area (Å²) >= 11 is 0. The number of aromatic nitrogens is 1. The van der Waals surface area contributed by atoms with E-state index in [0.717, 1.165) is 12.8 Å². The second-order valence-corrected chi connectivity index (χ2v) is 4.22. The predicted octanol–water partition coefficient (Wildman–Crippen LogP) is 0.603. The fraction of sp³-hybridized carbons (Fsp3) is 0.417. The smallest absolute Gasteiger partial charge is 0.326 e. The Hall–Kier alpha value is -1.91. The first-order valence-corrected chi connectivity index (χ1v) is 5.59.